The summed E-state index contributed by atoms with van der Waals surface area (Å²) in [6.07, 6.45) is 3.28. The fourth-order valence-corrected chi connectivity index (χ4v) is 2.96. The average molecular weight is 348 g/mol. The summed E-state index contributed by atoms with van der Waals surface area (Å²) in [4.78, 5) is 46.4. The Kier molecular flexibility index (Phi) is 5.11. The molecule has 3 amide bonds. The number of nitrogens with zero attached hydrogens (tertiary/aromatic N) is 4. The van der Waals surface area contributed by atoms with Crippen LogP contribution in [0.15, 0.2) is 12.3 Å². The van der Waals surface area contributed by atoms with Crippen molar-refractivity contribution in [1.29, 1.82) is 0 Å². The zero-order valence-corrected chi connectivity index (χ0v) is 14.0. The minimum Gasteiger partial charge on any atom is -0.472 e. The highest BCUT2D eigenvalue weighted by atomic mass is 16.5. The van der Waals surface area contributed by atoms with Gasteiger partial charge >= 0.3 is 6.01 Å². The minimum atomic E-state index is -0.281. The van der Waals surface area contributed by atoms with Crippen LogP contribution in [0.2, 0.25) is 0 Å². The minimum absolute atomic E-state index is 0.188. The molecule has 25 heavy (non-hydrogen) atoms. The maximum atomic E-state index is 12.4. The molecule has 0 saturated carbocycles. The van der Waals surface area contributed by atoms with Crippen LogP contribution in [0, 0.1) is 0 Å². The Balaban J connectivity index is 1.57. The zero-order chi connectivity index (χ0) is 17.8. The molecule has 1 aromatic rings. The highest BCUT2D eigenvalue weighted by Crippen LogP contribution is 2.19. The first-order chi connectivity index (χ1) is 12.1. The van der Waals surface area contributed by atoms with Gasteiger partial charge in [-0.3, -0.25) is 19.3 Å². The van der Waals surface area contributed by atoms with Crippen molar-refractivity contribution < 1.29 is 23.9 Å². The van der Waals surface area contributed by atoms with Crippen LogP contribution in [-0.2, 0) is 14.4 Å². The first-order valence-corrected chi connectivity index (χ1v) is 8.21. The molecule has 1 atom stereocenters. The van der Waals surface area contributed by atoms with E-state index in [1.165, 1.54) is 13.3 Å². The van der Waals surface area contributed by atoms with Crippen LogP contribution in [0.3, 0.4) is 0 Å². The molecule has 0 radical (unpaired) electrons. The molecule has 9 nitrogen and oxygen atoms in total. The van der Waals surface area contributed by atoms with Gasteiger partial charge in [0.25, 0.3) is 0 Å². The van der Waals surface area contributed by atoms with E-state index in [0.29, 0.717) is 19.0 Å². The first-order valence-electron chi connectivity index (χ1n) is 8.21. The van der Waals surface area contributed by atoms with E-state index in [2.05, 4.69) is 9.97 Å². The molecular weight excluding hydrogens is 328 g/mol. The summed E-state index contributed by atoms with van der Waals surface area (Å²) in [5.41, 5.74) is 0. The Morgan fingerprint density at radius 2 is 2.08 bits per heavy atom. The normalized spacial score (nSPS) is 20.8. The van der Waals surface area contributed by atoms with E-state index in [9.17, 15) is 14.4 Å². The predicted octanol–water partition coefficient (Wildman–Crippen LogP) is 0.00400. The van der Waals surface area contributed by atoms with Gasteiger partial charge in [0.05, 0.1) is 13.7 Å². The van der Waals surface area contributed by atoms with Crippen molar-refractivity contribution in [1.82, 2.24) is 19.8 Å². The van der Waals surface area contributed by atoms with Crippen molar-refractivity contribution in [2.75, 3.05) is 26.7 Å². The van der Waals surface area contributed by atoms with Crippen LogP contribution in [0.5, 0.6) is 11.9 Å². The Hall–Kier alpha value is -2.71. The summed E-state index contributed by atoms with van der Waals surface area (Å²) in [6.45, 7) is 0.787. The lowest BCUT2D eigenvalue weighted by Gasteiger charge is -2.33. The molecular formula is C16H20N4O5. The van der Waals surface area contributed by atoms with Gasteiger partial charge in [-0.2, -0.15) is 4.98 Å². The summed E-state index contributed by atoms with van der Waals surface area (Å²) < 4.78 is 10.8. The molecule has 134 valence electrons. The molecule has 3 heterocycles. The van der Waals surface area contributed by atoms with Gasteiger partial charge in [0.2, 0.25) is 23.6 Å². The van der Waals surface area contributed by atoms with Crippen molar-refractivity contribution in [3.63, 3.8) is 0 Å². The van der Waals surface area contributed by atoms with Gasteiger partial charge < -0.3 is 14.4 Å². The van der Waals surface area contributed by atoms with Crippen molar-refractivity contribution in [2.24, 2.45) is 0 Å². The summed E-state index contributed by atoms with van der Waals surface area (Å²) in [5, 5.41) is 0. The number of methoxy groups -OCH3 is 1. The Labute approximate surface area is 144 Å². The van der Waals surface area contributed by atoms with Crippen molar-refractivity contribution in [2.45, 2.75) is 31.8 Å². The number of ether oxygens (including phenoxy) is 2. The highest BCUT2D eigenvalue weighted by molar-refractivity contribution is 6.04. The molecule has 1 unspecified atom stereocenters. The molecule has 2 saturated heterocycles. The lowest BCUT2D eigenvalue weighted by molar-refractivity contribution is -0.146. The number of imide groups is 1. The quantitative estimate of drug-likeness (QED) is 0.690. The number of carbonyl (C=O) groups excluding carboxylic acids is 3. The van der Waals surface area contributed by atoms with Crippen LogP contribution >= 0.6 is 0 Å². The molecule has 2 aliphatic rings. The zero-order valence-electron chi connectivity index (χ0n) is 14.0. The summed E-state index contributed by atoms with van der Waals surface area (Å²) >= 11 is 0. The largest absolute Gasteiger partial charge is 0.472 e. The molecule has 3 rings (SSSR count). The summed E-state index contributed by atoms with van der Waals surface area (Å²) in [6, 6.07) is 1.84. The monoisotopic (exact) mass is 348 g/mol. The van der Waals surface area contributed by atoms with Gasteiger partial charge in [0.15, 0.2) is 0 Å². The van der Waals surface area contributed by atoms with E-state index in [1.54, 1.807) is 11.0 Å². The Morgan fingerprint density at radius 1 is 1.32 bits per heavy atom. The van der Waals surface area contributed by atoms with Gasteiger partial charge in [-0.05, 0) is 12.8 Å². The second-order valence-electron chi connectivity index (χ2n) is 5.98. The fourth-order valence-electron chi connectivity index (χ4n) is 2.96. The number of likely N-dealkylation sites (tertiary alicyclic amines) is 2. The molecule has 0 aliphatic carbocycles. The Morgan fingerprint density at radius 3 is 2.80 bits per heavy atom. The van der Waals surface area contributed by atoms with Gasteiger partial charge in [-0.1, -0.05) is 0 Å². The topological polar surface area (TPSA) is 102 Å². The van der Waals surface area contributed by atoms with E-state index in [-0.39, 0.29) is 49.2 Å². The standard InChI is InChI=1S/C16H20N4O5/c1-24-16-17-7-6-12(18-16)25-11-3-2-8-19(9-11)15(23)10-20-13(21)4-5-14(20)22/h6-7,11H,2-5,8-10H2,1H3. The number of hydrogen-bond acceptors (Lipinski definition) is 7. The molecule has 0 N–H and O–H groups in total. The number of rotatable bonds is 5. The van der Waals surface area contributed by atoms with Crippen molar-refractivity contribution in [3.05, 3.63) is 12.3 Å². The maximum Gasteiger partial charge on any atom is 0.319 e. The van der Waals surface area contributed by atoms with Crippen molar-refractivity contribution in [3.8, 4) is 11.9 Å². The van der Waals surface area contributed by atoms with Crippen LogP contribution in [0.4, 0.5) is 0 Å². The van der Waals surface area contributed by atoms with E-state index in [4.69, 9.17) is 9.47 Å². The third-order valence-corrected chi connectivity index (χ3v) is 4.26. The predicted molar refractivity (Wildman–Crippen MR) is 84.8 cm³/mol. The van der Waals surface area contributed by atoms with E-state index in [1.807, 2.05) is 0 Å². The van der Waals surface area contributed by atoms with E-state index < -0.39 is 0 Å². The second kappa shape index (κ2) is 7.45. The maximum absolute atomic E-state index is 12.4. The van der Waals surface area contributed by atoms with E-state index >= 15 is 0 Å². The number of hydrogen-bond donors (Lipinski definition) is 0. The summed E-state index contributed by atoms with van der Waals surface area (Å²) in [5.74, 6) is -0.416. The molecule has 9 heteroatoms. The van der Waals surface area contributed by atoms with E-state index in [0.717, 1.165) is 17.7 Å². The number of aromatic nitrogens is 2. The van der Waals surface area contributed by atoms with Crippen LogP contribution < -0.4 is 9.47 Å². The van der Waals surface area contributed by atoms with Gasteiger partial charge in [-0.25, -0.2) is 4.98 Å². The lowest BCUT2D eigenvalue weighted by atomic mass is 10.1. The van der Waals surface area contributed by atoms with Crippen LogP contribution in [-0.4, -0.2) is 70.3 Å². The number of carbonyl (C=O) groups is 3. The Bertz CT molecular complexity index is 664. The molecule has 0 bridgehead atoms. The molecule has 0 spiro atoms. The molecule has 1 aromatic heterocycles. The molecule has 2 fully saturated rings. The highest BCUT2D eigenvalue weighted by Gasteiger charge is 2.33. The molecule has 0 aromatic carbocycles. The number of amides is 3. The van der Waals surface area contributed by atoms with Crippen LogP contribution in [0.1, 0.15) is 25.7 Å². The summed E-state index contributed by atoms with van der Waals surface area (Å²) in [7, 11) is 1.47. The average Bonchev–Trinajstić information content (AvgIpc) is 2.94. The van der Waals surface area contributed by atoms with Crippen molar-refractivity contribution >= 4 is 17.7 Å². The molecule has 2 aliphatic heterocycles. The second-order valence-corrected chi connectivity index (χ2v) is 5.98. The van der Waals surface area contributed by atoms with Gasteiger partial charge in [0.1, 0.15) is 12.6 Å². The van der Waals surface area contributed by atoms with Gasteiger partial charge in [-0.15, -0.1) is 0 Å². The van der Waals surface area contributed by atoms with Gasteiger partial charge in [0, 0.05) is 31.6 Å². The van der Waals surface area contributed by atoms with Crippen LogP contribution in [0.25, 0.3) is 0 Å². The first kappa shape index (κ1) is 17.1. The third kappa shape index (κ3) is 4.04. The third-order valence-electron chi connectivity index (χ3n) is 4.26. The smallest absolute Gasteiger partial charge is 0.319 e. The SMILES string of the molecule is COc1nccc(OC2CCCN(C(=O)CN3C(=O)CCC3=O)C2)n1. The lowest BCUT2D eigenvalue weighted by Crippen LogP contribution is -2.48. The number of piperidine rings is 1. The fraction of sp³-hybridized carbons (Fsp3) is 0.562.